The molecule has 1 amide bonds. The zero-order valence-electron chi connectivity index (χ0n) is 14.7. The van der Waals surface area contributed by atoms with Crippen LogP contribution in [0.25, 0.3) is 0 Å². The first kappa shape index (κ1) is 18.4. The number of benzene rings is 2. The van der Waals surface area contributed by atoms with Gasteiger partial charge in [0.15, 0.2) is 0 Å². The van der Waals surface area contributed by atoms with Crippen molar-refractivity contribution in [3.8, 4) is 5.75 Å². The Hall–Kier alpha value is -1.94. The van der Waals surface area contributed by atoms with Crippen LogP contribution in [0.5, 0.6) is 5.75 Å². The average molecular weight is 343 g/mol. The number of aromatic hydroxyl groups is 1. The van der Waals surface area contributed by atoms with Crippen LogP contribution in [0, 0.1) is 0 Å². The minimum absolute atomic E-state index is 0.0110. The molecular formula is C20H25NO2S. The molecule has 0 unspecified atom stereocenters. The summed E-state index contributed by atoms with van der Waals surface area (Å²) in [5.74, 6) is 1.26. The lowest BCUT2D eigenvalue weighted by Crippen LogP contribution is -2.17. The summed E-state index contributed by atoms with van der Waals surface area (Å²) in [5, 5.41) is 12.4. The molecule has 0 aliphatic carbocycles. The number of hydrogen-bond donors (Lipinski definition) is 2. The lowest BCUT2D eigenvalue weighted by molar-refractivity contribution is -0.113. The van der Waals surface area contributed by atoms with E-state index in [1.165, 1.54) is 22.9 Å². The van der Waals surface area contributed by atoms with Crippen LogP contribution in [0.15, 0.2) is 47.4 Å². The zero-order valence-corrected chi connectivity index (χ0v) is 15.5. The molecule has 0 atom stereocenters. The van der Waals surface area contributed by atoms with Crippen molar-refractivity contribution in [3.05, 3.63) is 53.6 Å². The lowest BCUT2D eigenvalue weighted by Gasteiger charge is -2.20. The maximum atomic E-state index is 12.4. The lowest BCUT2D eigenvalue weighted by atomic mass is 9.92. The van der Waals surface area contributed by atoms with Crippen molar-refractivity contribution in [2.45, 2.75) is 44.4 Å². The Morgan fingerprint density at radius 3 is 2.04 bits per heavy atom. The fraction of sp³-hybridized carbons (Fsp3) is 0.350. The molecule has 0 aromatic heterocycles. The SMILES string of the molecule is CC(C)c1cccc(C(C)C)c1NC(=O)CSc1ccc(O)cc1. The van der Waals surface area contributed by atoms with Crippen molar-refractivity contribution >= 4 is 23.4 Å². The molecule has 0 saturated heterocycles. The quantitative estimate of drug-likeness (QED) is 0.693. The molecule has 3 nitrogen and oxygen atoms in total. The molecule has 0 spiro atoms. The highest BCUT2D eigenvalue weighted by atomic mass is 32.2. The summed E-state index contributed by atoms with van der Waals surface area (Å²) in [7, 11) is 0. The number of phenolic OH excluding ortho intramolecular Hbond substituents is 1. The zero-order chi connectivity index (χ0) is 17.7. The number of para-hydroxylation sites is 1. The van der Waals surface area contributed by atoms with E-state index in [1.54, 1.807) is 12.1 Å². The van der Waals surface area contributed by atoms with Gasteiger partial charge in [-0.05, 0) is 47.2 Å². The summed E-state index contributed by atoms with van der Waals surface area (Å²) >= 11 is 1.46. The van der Waals surface area contributed by atoms with Crippen molar-refractivity contribution in [1.29, 1.82) is 0 Å². The van der Waals surface area contributed by atoms with E-state index in [2.05, 4.69) is 51.2 Å². The van der Waals surface area contributed by atoms with Crippen LogP contribution in [0.3, 0.4) is 0 Å². The third-order valence-corrected chi connectivity index (χ3v) is 4.86. The van der Waals surface area contributed by atoms with Gasteiger partial charge < -0.3 is 10.4 Å². The van der Waals surface area contributed by atoms with Gasteiger partial charge in [-0.3, -0.25) is 4.79 Å². The highest BCUT2D eigenvalue weighted by Gasteiger charge is 2.16. The number of phenols is 1. The molecule has 2 aromatic rings. The minimum atomic E-state index is -0.0110. The van der Waals surface area contributed by atoms with Gasteiger partial charge >= 0.3 is 0 Å². The van der Waals surface area contributed by atoms with E-state index in [4.69, 9.17) is 0 Å². The van der Waals surface area contributed by atoms with Gasteiger partial charge in [0.2, 0.25) is 5.91 Å². The Balaban J connectivity index is 2.11. The molecule has 0 saturated carbocycles. The molecule has 24 heavy (non-hydrogen) atoms. The van der Waals surface area contributed by atoms with E-state index in [1.807, 2.05) is 12.1 Å². The van der Waals surface area contributed by atoms with E-state index in [0.717, 1.165) is 10.6 Å². The van der Waals surface area contributed by atoms with Gasteiger partial charge in [-0.1, -0.05) is 45.9 Å². The van der Waals surface area contributed by atoms with Gasteiger partial charge in [-0.15, -0.1) is 11.8 Å². The first-order chi connectivity index (χ1) is 11.4. The first-order valence-corrected chi connectivity index (χ1v) is 9.21. The highest BCUT2D eigenvalue weighted by molar-refractivity contribution is 8.00. The largest absolute Gasteiger partial charge is 0.508 e. The Bertz CT molecular complexity index is 667. The number of nitrogens with one attached hydrogen (secondary N) is 1. The summed E-state index contributed by atoms with van der Waals surface area (Å²) in [6.45, 7) is 8.56. The van der Waals surface area contributed by atoms with Crippen LogP contribution in [0.1, 0.15) is 50.7 Å². The predicted molar refractivity (Wildman–Crippen MR) is 102 cm³/mol. The van der Waals surface area contributed by atoms with Crippen molar-refractivity contribution in [2.75, 3.05) is 11.1 Å². The first-order valence-electron chi connectivity index (χ1n) is 8.23. The van der Waals surface area contributed by atoms with Crippen molar-refractivity contribution < 1.29 is 9.90 Å². The van der Waals surface area contributed by atoms with Crippen molar-refractivity contribution in [2.24, 2.45) is 0 Å². The van der Waals surface area contributed by atoms with Crippen LogP contribution in [-0.2, 0) is 4.79 Å². The molecular weight excluding hydrogens is 318 g/mol. The topological polar surface area (TPSA) is 49.3 Å². The number of carbonyl (C=O) groups is 1. The standard InChI is InChI=1S/C20H25NO2S/c1-13(2)17-6-5-7-18(14(3)4)20(17)21-19(23)12-24-16-10-8-15(22)9-11-16/h5-11,13-14,22H,12H2,1-4H3,(H,21,23). The van der Waals surface area contributed by atoms with Gasteiger partial charge in [-0.2, -0.15) is 0 Å². The van der Waals surface area contributed by atoms with E-state index < -0.39 is 0 Å². The summed E-state index contributed by atoms with van der Waals surface area (Å²) in [5.41, 5.74) is 3.30. The molecule has 128 valence electrons. The molecule has 2 N–H and O–H groups in total. The molecule has 2 rings (SSSR count). The number of anilines is 1. The molecule has 0 aliphatic heterocycles. The number of hydrogen-bond acceptors (Lipinski definition) is 3. The summed E-state index contributed by atoms with van der Waals surface area (Å²) < 4.78 is 0. The molecule has 0 heterocycles. The van der Waals surface area contributed by atoms with Gasteiger partial charge in [0.05, 0.1) is 5.75 Å². The molecule has 0 fully saturated rings. The second-order valence-electron chi connectivity index (χ2n) is 6.45. The van der Waals surface area contributed by atoms with Gasteiger partial charge in [0.25, 0.3) is 0 Å². The molecule has 0 radical (unpaired) electrons. The van der Waals surface area contributed by atoms with Crippen LogP contribution in [-0.4, -0.2) is 16.8 Å². The fourth-order valence-electron chi connectivity index (χ4n) is 2.56. The van der Waals surface area contributed by atoms with Crippen molar-refractivity contribution in [1.82, 2.24) is 0 Å². The molecule has 0 bridgehead atoms. The normalized spacial score (nSPS) is 11.1. The van der Waals surface area contributed by atoms with Crippen LogP contribution in [0.4, 0.5) is 5.69 Å². The van der Waals surface area contributed by atoms with E-state index >= 15 is 0 Å². The third kappa shape index (κ3) is 4.78. The number of amides is 1. The second kappa shape index (κ2) is 8.25. The smallest absolute Gasteiger partial charge is 0.234 e. The Morgan fingerprint density at radius 2 is 1.54 bits per heavy atom. The number of rotatable bonds is 6. The summed E-state index contributed by atoms with van der Waals surface area (Å²) in [6, 6.07) is 13.1. The molecule has 0 aliphatic rings. The van der Waals surface area contributed by atoms with Crippen LogP contribution >= 0.6 is 11.8 Å². The molecule has 2 aromatic carbocycles. The monoisotopic (exact) mass is 343 g/mol. The Labute approximate surface area is 148 Å². The van der Waals surface area contributed by atoms with Gasteiger partial charge in [0.1, 0.15) is 5.75 Å². The highest BCUT2D eigenvalue weighted by Crippen LogP contribution is 2.32. The predicted octanol–water partition coefficient (Wildman–Crippen LogP) is 5.37. The molecule has 4 heteroatoms. The number of thioether (sulfide) groups is 1. The average Bonchev–Trinajstić information content (AvgIpc) is 2.54. The summed E-state index contributed by atoms with van der Waals surface area (Å²) in [6.07, 6.45) is 0. The van der Waals surface area contributed by atoms with E-state index in [-0.39, 0.29) is 11.7 Å². The van der Waals surface area contributed by atoms with E-state index in [0.29, 0.717) is 17.6 Å². The minimum Gasteiger partial charge on any atom is -0.508 e. The van der Waals surface area contributed by atoms with Crippen molar-refractivity contribution in [3.63, 3.8) is 0 Å². The maximum Gasteiger partial charge on any atom is 0.234 e. The number of carbonyl (C=O) groups excluding carboxylic acids is 1. The fourth-order valence-corrected chi connectivity index (χ4v) is 3.26. The Morgan fingerprint density at radius 1 is 1.00 bits per heavy atom. The second-order valence-corrected chi connectivity index (χ2v) is 7.50. The van der Waals surface area contributed by atoms with Crippen LogP contribution in [0.2, 0.25) is 0 Å². The van der Waals surface area contributed by atoms with E-state index in [9.17, 15) is 9.90 Å². The Kier molecular flexibility index (Phi) is 6.32. The maximum absolute atomic E-state index is 12.4. The van der Waals surface area contributed by atoms with Gasteiger partial charge in [-0.25, -0.2) is 0 Å². The van der Waals surface area contributed by atoms with Gasteiger partial charge in [0, 0.05) is 10.6 Å². The van der Waals surface area contributed by atoms with Crippen LogP contribution < -0.4 is 5.32 Å². The summed E-state index contributed by atoms with van der Waals surface area (Å²) in [4.78, 5) is 13.4. The third-order valence-electron chi connectivity index (χ3n) is 3.84.